The molecule has 0 atom stereocenters. The minimum absolute atomic E-state index is 0.114. The summed E-state index contributed by atoms with van der Waals surface area (Å²) in [4.78, 5) is 12.1. The summed E-state index contributed by atoms with van der Waals surface area (Å²) in [6.07, 6.45) is 0. The van der Waals surface area contributed by atoms with Crippen molar-refractivity contribution < 1.29 is 14.3 Å². The molecule has 23 heavy (non-hydrogen) atoms. The Bertz CT molecular complexity index is 602. The molecule has 5 nitrogen and oxygen atoms in total. The molecule has 5 heteroatoms. The van der Waals surface area contributed by atoms with Crippen molar-refractivity contribution >= 4 is 11.6 Å². The van der Waals surface area contributed by atoms with Gasteiger partial charge in [-0.05, 0) is 30.3 Å². The molecular weight excluding hydrogens is 292 g/mol. The van der Waals surface area contributed by atoms with Crippen LogP contribution in [0.2, 0.25) is 0 Å². The van der Waals surface area contributed by atoms with E-state index in [0.29, 0.717) is 37.6 Å². The highest BCUT2D eigenvalue weighted by atomic mass is 16.5. The lowest BCUT2D eigenvalue weighted by Gasteiger charge is -2.09. The van der Waals surface area contributed by atoms with Crippen molar-refractivity contribution in [2.24, 2.45) is 0 Å². The van der Waals surface area contributed by atoms with Crippen LogP contribution in [0.3, 0.4) is 0 Å². The van der Waals surface area contributed by atoms with E-state index in [4.69, 9.17) is 9.47 Å². The molecule has 2 aromatic carbocycles. The SMILES string of the molecule is COCCOc1cccc(C(=O)NCCNc2ccccc2)c1. The summed E-state index contributed by atoms with van der Waals surface area (Å²) in [5.74, 6) is 0.550. The van der Waals surface area contributed by atoms with Crippen LogP contribution in [-0.2, 0) is 4.74 Å². The van der Waals surface area contributed by atoms with Crippen molar-refractivity contribution in [1.82, 2.24) is 5.32 Å². The number of nitrogens with one attached hydrogen (secondary N) is 2. The highest BCUT2D eigenvalue weighted by molar-refractivity contribution is 5.94. The standard InChI is InChI=1S/C18H22N2O3/c1-22-12-13-23-17-9-5-6-15(14-17)18(21)20-11-10-19-16-7-3-2-4-8-16/h2-9,14,19H,10-13H2,1H3,(H,20,21). The van der Waals surface area contributed by atoms with Crippen LogP contribution in [0.4, 0.5) is 5.69 Å². The van der Waals surface area contributed by atoms with Crippen LogP contribution in [0.5, 0.6) is 5.75 Å². The predicted octanol–water partition coefficient (Wildman–Crippen LogP) is 2.55. The average Bonchev–Trinajstić information content (AvgIpc) is 2.60. The average molecular weight is 314 g/mol. The van der Waals surface area contributed by atoms with Gasteiger partial charge in [-0.25, -0.2) is 0 Å². The monoisotopic (exact) mass is 314 g/mol. The number of amides is 1. The lowest BCUT2D eigenvalue weighted by molar-refractivity contribution is 0.0954. The van der Waals surface area contributed by atoms with Gasteiger partial charge in [0.1, 0.15) is 12.4 Å². The zero-order valence-corrected chi connectivity index (χ0v) is 13.2. The molecule has 2 aromatic rings. The van der Waals surface area contributed by atoms with E-state index in [1.807, 2.05) is 36.4 Å². The van der Waals surface area contributed by atoms with Crippen LogP contribution in [-0.4, -0.2) is 39.3 Å². The summed E-state index contributed by atoms with van der Waals surface area (Å²) in [7, 11) is 1.62. The molecule has 2 N–H and O–H groups in total. The van der Waals surface area contributed by atoms with Crippen molar-refractivity contribution in [2.75, 3.05) is 38.7 Å². The van der Waals surface area contributed by atoms with E-state index < -0.39 is 0 Å². The van der Waals surface area contributed by atoms with Crippen LogP contribution in [0.15, 0.2) is 54.6 Å². The Morgan fingerprint density at radius 3 is 2.61 bits per heavy atom. The maximum Gasteiger partial charge on any atom is 0.251 e. The fraction of sp³-hybridized carbons (Fsp3) is 0.278. The third kappa shape index (κ3) is 6.00. The molecule has 0 aliphatic carbocycles. The van der Waals surface area contributed by atoms with E-state index in [0.717, 1.165) is 5.69 Å². The molecule has 0 radical (unpaired) electrons. The van der Waals surface area contributed by atoms with Crippen molar-refractivity contribution in [3.63, 3.8) is 0 Å². The van der Waals surface area contributed by atoms with Gasteiger partial charge in [-0.1, -0.05) is 24.3 Å². The third-order valence-electron chi connectivity index (χ3n) is 3.17. The van der Waals surface area contributed by atoms with Crippen molar-refractivity contribution in [1.29, 1.82) is 0 Å². The lowest BCUT2D eigenvalue weighted by Crippen LogP contribution is -2.28. The molecule has 0 bridgehead atoms. The number of carbonyl (C=O) groups is 1. The molecule has 0 aliphatic rings. The molecule has 2 rings (SSSR count). The second-order valence-corrected chi connectivity index (χ2v) is 4.92. The number of ether oxygens (including phenoxy) is 2. The summed E-state index contributed by atoms with van der Waals surface area (Å²) in [5, 5.41) is 6.13. The second-order valence-electron chi connectivity index (χ2n) is 4.92. The van der Waals surface area contributed by atoms with Crippen LogP contribution in [0.1, 0.15) is 10.4 Å². The molecule has 0 spiro atoms. The van der Waals surface area contributed by atoms with E-state index >= 15 is 0 Å². The number of para-hydroxylation sites is 1. The Labute approximate surface area is 136 Å². The number of benzene rings is 2. The van der Waals surface area contributed by atoms with Gasteiger partial charge < -0.3 is 20.1 Å². The smallest absolute Gasteiger partial charge is 0.251 e. The highest BCUT2D eigenvalue weighted by Gasteiger charge is 2.06. The Balaban J connectivity index is 1.75. The van der Waals surface area contributed by atoms with Gasteiger partial charge in [0, 0.05) is 31.5 Å². The van der Waals surface area contributed by atoms with Gasteiger partial charge in [0.25, 0.3) is 5.91 Å². The van der Waals surface area contributed by atoms with Gasteiger partial charge in [0.2, 0.25) is 0 Å². The van der Waals surface area contributed by atoms with Gasteiger partial charge in [-0.2, -0.15) is 0 Å². The van der Waals surface area contributed by atoms with Gasteiger partial charge in [0.05, 0.1) is 6.61 Å². The topological polar surface area (TPSA) is 59.6 Å². The maximum atomic E-state index is 12.1. The van der Waals surface area contributed by atoms with Crippen LogP contribution < -0.4 is 15.4 Å². The Hall–Kier alpha value is -2.53. The zero-order chi connectivity index (χ0) is 16.3. The first-order valence-electron chi connectivity index (χ1n) is 7.58. The Morgan fingerprint density at radius 2 is 1.83 bits per heavy atom. The van der Waals surface area contributed by atoms with E-state index in [1.165, 1.54) is 0 Å². The van der Waals surface area contributed by atoms with Gasteiger partial charge in [-0.3, -0.25) is 4.79 Å². The minimum Gasteiger partial charge on any atom is -0.491 e. The molecule has 0 saturated heterocycles. The van der Waals surface area contributed by atoms with Crippen molar-refractivity contribution in [3.05, 3.63) is 60.2 Å². The summed E-state index contributed by atoms with van der Waals surface area (Å²) >= 11 is 0. The molecule has 0 aromatic heterocycles. The lowest BCUT2D eigenvalue weighted by atomic mass is 10.2. The van der Waals surface area contributed by atoms with Crippen molar-refractivity contribution in [2.45, 2.75) is 0 Å². The van der Waals surface area contributed by atoms with E-state index in [2.05, 4.69) is 10.6 Å². The molecule has 0 fully saturated rings. The summed E-state index contributed by atoms with van der Waals surface area (Å²) in [6, 6.07) is 17.0. The number of methoxy groups -OCH3 is 1. The first-order valence-corrected chi connectivity index (χ1v) is 7.58. The first-order chi connectivity index (χ1) is 11.3. The number of hydrogen-bond donors (Lipinski definition) is 2. The van der Waals surface area contributed by atoms with Gasteiger partial charge >= 0.3 is 0 Å². The summed E-state index contributed by atoms with van der Waals surface area (Å²) < 4.78 is 10.4. The Kier molecular flexibility index (Phi) is 6.94. The van der Waals surface area contributed by atoms with Gasteiger partial charge in [-0.15, -0.1) is 0 Å². The molecule has 0 saturated carbocycles. The predicted molar refractivity (Wildman–Crippen MR) is 91.1 cm³/mol. The molecule has 122 valence electrons. The second kappa shape index (κ2) is 9.48. The quantitative estimate of drug-likeness (QED) is 0.698. The van der Waals surface area contributed by atoms with Crippen LogP contribution >= 0.6 is 0 Å². The number of rotatable bonds is 9. The summed E-state index contributed by atoms with van der Waals surface area (Å²) in [5.41, 5.74) is 1.62. The molecule has 0 unspecified atom stereocenters. The normalized spacial score (nSPS) is 10.1. The van der Waals surface area contributed by atoms with Crippen molar-refractivity contribution in [3.8, 4) is 5.75 Å². The summed E-state index contributed by atoms with van der Waals surface area (Å²) in [6.45, 7) is 2.19. The maximum absolute atomic E-state index is 12.1. The van der Waals surface area contributed by atoms with Gasteiger partial charge in [0.15, 0.2) is 0 Å². The van der Waals surface area contributed by atoms with E-state index in [9.17, 15) is 4.79 Å². The molecule has 0 heterocycles. The fourth-order valence-corrected chi connectivity index (χ4v) is 2.01. The first kappa shape index (κ1) is 16.8. The molecular formula is C18H22N2O3. The number of carbonyl (C=O) groups excluding carboxylic acids is 1. The molecule has 0 aliphatic heterocycles. The number of hydrogen-bond acceptors (Lipinski definition) is 4. The largest absolute Gasteiger partial charge is 0.491 e. The van der Waals surface area contributed by atoms with Crippen LogP contribution in [0, 0.1) is 0 Å². The minimum atomic E-state index is -0.114. The van der Waals surface area contributed by atoms with Crippen LogP contribution in [0.25, 0.3) is 0 Å². The molecule has 1 amide bonds. The van der Waals surface area contributed by atoms with E-state index in [1.54, 1.807) is 25.3 Å². The highest BCUT2D eigenvalue weighted by Crippen LogP contribution is 2.13. The number of anilines is 1. The fourth-order valence-electron chi connectivity index (χ4n) is 2.01. The zero-order valence-electron chi connectivity index (χ0n) is 13.2. The Morgan fingerprint density at radius 1 is 1.00 bits per heavy atom. The third-order valence-corrected chi connectivity index (χ3v) is 3.17. The van der Waals surface area contributed by atoms with E-state index in [-0.39, 0.29) is 5.91 Å².